The average molecular weight is 626 g/mol. The van der Waals surface area contributed by atoms with Crippen LogP contribution in [0.1, 0.15) is 36.6 Å². The molecule has 1 saturated carbocycles. The molecule has 45 heavy (non-hydrogen) atoms. The number of nitrogens with one attached hydrogen (secondary N) is 3. The lowest BCUT2D eigenvalue weighted by atomic mass is 10.1. The molecule has 1 aliphatic rings. The summed E-state index contributed by atoms with van der Waals surface area (Å²) in [7, 11) is -3.67. The van der Waals surface area contributed by atoms with Gasteiger partial charge in [-0.3, -0.25) is 19.9 Å². The van der Waals surface area contributed by atoms with Crippen LogP contribution in [0.5, 0.6) is 0 Å². The van der Waals surface area contributed by atoms with Crippen LogP contribution in [-0.4, -0.2) is 55.7 Å². The Morgan fingerprint density at radius 3 is 2.60 bits per heavy atom. The second kappa shape index (κ2) is 11.1. The lowest BCUT2D eigenvalue weighted by Gasteiger charge is -2.12. The topological polar surface area (TPSA) is 185 Å². The molecular weight excluding hydrogens is 597 g/mol. The predicted molar refractivity (Wildman–Crippen MR) is 168 cm³/mol. The largest absolute Gasteiger partial charge is 0.336 e. The quantitative estimate of drug-likeness (QED) is 0.192. The highest BCUT2D eigenvalue weighted by Gasteiger charge is 2.24. The predicted octanol–water partition coefficient (Wildman–Crippen LogP) is 4.89. The first-order valence-corrected chi connectivity index (χ1v) is 16.3. The summed E-state index contributed by atoms with van der Waals surface area (Å²) in [5.74, 6) is -0.208. The van der Waals surface area contributed by atoms with Crippen LogP contribution >= 0.6 is 0 Å². The van der Waals surface area contributed by atoms with Gasteiger partial charge >= 0.3 is 0 Å². The van der Waals surface area contributed by atoms with E-state index in [-0.39, 0.29) is 17.4 Å². The summed E-state index contributed by atoms with van der Waals surface area (Å²) < 4.78 is 38.7. The molecule has 0 radical (unpaired) electrons. The molecule has 5 N–H and O–H groups in total. The molecule has 228 valence electrons. The number of aromatic amines is 2. The summed E-state index contributed by atoms with van der Waals surface area (Å²) in [6.07, 6.45) is 9.80. The third-order valence-corrected chi connectivity index (χ3v) is 9.24. The first kappa shape index (κ1) is 28.7. The number of rotatable bonds is 7. The SMILES string of the molecule is CS(=O)(=O)C(N)c1cc(F)cc(-c2nccc3[nH]c(-c4n[nH]c5ccc(-c6cncc(NC(=O)C7CCCC7)c6)nc45)nc23)c1. The maximum atomic E-state index is 14.6. The average Bonchev–Trinajstić information content (AvgIpc) is 3.79. The number of hydrogen-bond donors (Lipinski definition) is 4. The molecule has 7 rings (SSSR count). The number of aromatic nitrogens is 7. The van der Waals surface area contributed by atoms with Crippen LogP contribution in [0.3, 0.4) is 0 Å². The number of carbonyl (C=O) groups excluding carboxylic acids is 1. The molecule has 5 heterocycles. The Kier molecular flexibility index (Phi) is 7.09. The number of sulfone groups is 1. The molecular formula is C31H28FN9O3S. The van der Waals surface area contributed by atoms with Gasteiger partial charge in [-0.25, -0.2) is 22.8 Å². The zero-order chi connectivity index (χ0) is 31.3. The molecule has 0 spiro atoms. The molecule has 5 aromatic heterocycles. The summed E-state index contributed by atoms with van der Waals surface area (Å²) in [4.78, 5) is 34.3. The molecule has 14 heteroatoms. The number of H-pyrrole nitrogens is 2. The van der Waals surface area contributed by atoms with Gasteiger partial charge in [-0.05, 0) is 60.9 Å². The van der Waals surface area contributed by atoms with Crippen molar-refractivity contribution >= 4 is 43.5 Å². The van der Waals surface area contributed by atoms with Gasteiger partial charge in [-0.2, -0.15) is 5.10 Å². The van der Waals surface area contributed by atoms with Gasteiger partial charge in [0.2, 0.25) is 5.91 Å². The number of carbonyl (C=O) groups is 1. The van der Waals surface area contributed by atoms with E-state index in [1.165, 1.54) is 12.1 Å². The molecule has 0 saturated heterocycles. The van der Waals surface area contributed by atoms with Crippen molar-refractivity contribution in [1.82, 2.24) is 35.1 Å². The minimum atomic E-state index is -3.67. The van der Waals surface area contributed by atoms with Crippen molar-refractivity contribution in [2.24, 2.45) is 11.7 Å². The standard InChI is InChI=1S/C31H28FN9O3S/c1-45(43,44)29(33)18-10-17(11-20(32)12-18)25-26-23(8-9-35-25)38-30(39-26)28-27-24(40-41-28)7-6-22(37-27)19-13-21(15-34-14-19)36-31(42)16-4-2-3-5-16/h6-16,29H,2-5,33H2,1H3,(H,36,42)(H,38,39)(H,40,41). The van der Waals surface area contributed by atoms with Crippen molar-refractivity contribution in [3.63, 3.8) is 0 Å². The van der Waals surface area contributed by atoms with Crippen molar-refractivity contribution in [3.8, 4) is 34.0 Å². The molecule has 1 aliphatic carbocycles. The van der Waals surface area contributed by atoms with Crippen molar-refractivity contribution < 1.29 is 17.6 Å². The molecule has 1 aromatic carbocycles. The lowest BCUT2D eigenvalue weighted by Crippen LogP contribution is -2.20. The molecule has 0 aliphatic heterocycles. The Balaban J connectivity index is 1.25. The fourth-order valence-electron chi connectivity index (χ4n) is 5.72. The second-order valence-electron chi connectivity index (χ2n) is 11.3. The van der Waals surface area contributed by atoms with Gasteiger partial charge in [0.25, 0.3) is 0 Å². The van der Waals surface area contributed by atoms with E-state index < -0.39 is 21.0 Å². The van der Waals surface area contributed by atoms with E-state index >= 15 is 0 Å². The normalized spacial score (nSPS) is 14.7. The van der Waals surface area contributed by atoms with E-state index in [0.717, 1.165) is 43.6 Å². The fourth-order valence-corrected chi connectivity index (χ4v) is 6.36. The van der Waals surface area contributed by atoms with Gasteiger partial charge in [0.1, 0.15) is 22.2 Å². The van der Waals surface area contributed by atoms with Crippen molar-refractivity contribution in [1.29, 1.82) is 0 Å². The van der Waals surface area contributed by atoms with Gasteiger partial charge in [0.15, 0.2) is 21.4 Å². The molecule has 1 unspecified atom stereocenters. The first-order chi connectivity index (χ1) is 21.6. The van der Waals surface area contributed by atoms with Crippen LogP contribution < -0.4 is 11.1 Å². The zero-order valence-electron chi connectivity index (χ0n) is 24.1. The Morgan fingerprint density at radius 1 is 1.00 bits per heavy atom. The highest BCUT2D eigenvalue weighted by molar-refractivity contribution is 7.90. The van der Waals surface area contributed by atoms with Crippen molar-refractivity contribution in [2.45, 2.75) is 31.1 Å². The monoisotopic (exact) mass is 625 g/mol. The number of nitrogens with zero attached hydrogens (tertiary/aromatic N) is 5. The van der Waals surface area contributed by atoms with E-state index in [1.54, 1.807) is 24.7 Å². The van der Waals surface area contributed by atoms with E-state index in [2.05, 4.69) is 30.5 Å². The third kappa shape index (κ3) is 5.53. The molecule has 1 amide bonds. The van der Waals surface area contributed by atoms with Gasteiger partial charge < -0.3 is 16.0 Å². The maximum Gasteiger partial charge on any atom is 0.227 e. The number of benzene rings is 1. The summed E-state index contributed by atoms with van der Waals surface area (Å²) in [5.41, 5.74) is 11.3. The minimum absolute atomic E-state index is 0.0124. The lowest BCUT2D eigenvalue weighted by molar-refractivity contribution is -0.119. The van der Waals surface area contributed by atoms with Crippen LogP contribution in [-0.2, 0) is 14.6 Å². The molecule has 12 nitrogen and oxygen atoms in total. The molecule has 6 aromatic rings. The van der Waals surface area contributed by atoms with E-state index in [4.69, 9.17) is 15.7 Å². The number of anilines is 1. The number of pyridine rings is 3. The van der Waals surface area contributed by atoms with Crippen molar-refractivity contribution in [3.05, 3.63) is 72.4 Å². The van der Waals surface area contributed by atoms with Crippen LogP contribution in [0.15, 0.2) is 61.1 Å². The van der Waals surface area contributed by atoms with Gasteiger partial charge in [-0.15, -0.1) is 0 Å². The second-order valence-corrected chi connectivity index (χ2v) is 13.4. The fraction of sp³-hybridized carbons (Fsp3) is 0.226. The number of imidazole rings is 1. The highest BCUT2D eigenvalue weighted by atomic mass is 32.2. The number of hydrogen-bond acceptors (Lipinski definition) is 9. The van der Waals surface area contributed by atoms with E-state index in [1.807, 2.05) is 18.2 Å². The number of nitrogens with two attached hydrogens (primary N) is 1. The van der Waals surface area contributed by atoms with Gasteiger partial charge in [0, 0.05) is 35.7 Å². The van der Waals surface area contributed by atoms with E-state index in [0.29, 0.717) is 56.2 Å². The summed E-state index contributed by atoms with van der Waals surface area (Å²) in [6.45, 7) is 0. The first-order valence-electron chi connectivity index (χ1n) is 14.4. The van der Waals surface area contributed by atoms with Crippen molar-refractivity contribution in [2.75, 3.05) is 11.6 Å². The Hall–Kier alpha value is -5.08. The zero-order valence-corrected chi connectivity index (χ0v) is 24.9. The van der Waals surface area contributed by atoms with Crippen LogP contribution in [0.2, 0.25) is 0 Å². The third-order valence-electron chi connectivity index (χ3n) is 8.04. The Labute approximate surface area is 256 Å². The highest BCUT2D eigenvalue weighted by Crippen LogP contribution is 2.33. The molecule has 0 bridgehead atoms. The van der Waals surface area contributed by atoms with Crippen LogP contribution in [0.25, 0.3) is 56.1 Å². The van der Waals surface area contributed by atoms with Crippen LogP contribution in [0.4, 0.5) is 10.1 Å². The van der Waals surface area contributed by atoms with Gasteiger partial charge in [-0.1, -0.05) is 12.8 Å². The number of halogens is 1. The number of amides is 1. The number of fused-ring (bicyclic) bond motifs is 2. The molecule has 1 atom stereocenters. The summed E-state index contributed by atoms with van der Waals surface area (Å²) in [5, 5.41) is 9.04. The van der Waals surface area contributed by atoms with Gasteiger partial charge in [0.05, 0.1) is 34.3 Å². The Morgan fingerprint density at radius 2 is 1.80 bits per heavy atom. The van der Waals surface area contributed by atoms with Crippen LogP contribution in [0, 0.1) is 11.7 Å². The maximum absolute atomic E-state index is 14.6. The smallest absolute Gasteiger partial charge is 0.227 e. The Bertz CT molecular complexity index is 2210. The molecule has 1 fully saturated rings. The summed E-state index contributed by atoms with van der Waals surface area (Å²) in [6, 6.07) is 11.1. The summed E-state index contributed by atoms with van der Waals surface area (Å²) >= 11 is 0. The van der Waals surface area contributed by atoms with E-state index in [9.17, 15) is 17.6 Å². The minimum Gasteiger partial charge on any atom is -0.336 e.